The zero-order valence-corrected chi connectivity index (χ0v) is 36.5. The molecule has 4 aromatic rings. The van der Waals surface area contributed by atoms with Gasteiger partial charge in [0, 0.05) is 88.0 Å². The van der Waals surface area contributed by atoms with E-state index in [1.165, 1.54) is 18.3 Å². The summed E-state index contributed by atoms with van der Waals surface area (Å²) in [4.78, 5) is 72.2. The molecule has 2 bridgehead atoms. The zero-order chi connectivity index (χ0) is 44.9. The Bertz CT molecular complexity index is 2580. The van der Waals surface area contributed by atoms with Gasteiger partial charge in [-0.3, -0.25) is 44.7 Å². The first-order chi connectivity index (χ1) is 30.8. The highest BCUT2D eigenvalue weighted by atomic mass is 19.1. The quantitative estimate of drug-likeness (QED) is 0.224. The Morgan fingerprint density at radius 2 is 1.80 bits per heavy atom. The third kappa shape index (κ3) is 8.44. The molecule has 4 aliphatic heterocycles. The van der Waals surface area contributed by atoms with E-state index < -0.39 is 29.4 Å². The number of hydrogen-bond donors (Lipinski definition) is 3. The van der Waals surface area contributed by atoms with E-state index >= 15 is 8.78 Å². The molecule has 3 atom stereocenters. The fourth-order valence-corrected chi connectivity index (χ4v) is 10.0. The molecule has 2 aromatic heterocycles. The number of rotatable bonds is 5. The number of nitrogens with zero attached hydrogens (tertiary/aromatic N) is 7. The van der Waals surface area contributed by atoms with Crippen LogP contribution in [0.25, 0.3) is 16.6 Å². The number of benzene rings is 2. The maximum absolute atomic E-state index is 15.4. The summed E-state index contributed by atoms with van der Waals surface area (Å²) in [6, 6.07) is 12.1. The summed E-state index contributed by atoms with van der Waals surface area (Å²) in [6.45, 7) is 8.59. The lowest BCUT2D eigenvalue weighted by atomic mass is 9.89. The number of fused-ring (bicyclic) bond motifs is 5. The summed E-state index contributed by atoms with van der Waals surface area (Å²) < 4.78 is 39.0. The van der Waals surface area contributed by atoms with E-state index in [0.717, 1.165) is 48.8 Å². The SMILES string of the molecule is CN=C1OCCC[C@@H](C)Cn2c(nc3ccc(CN4CCN(C(=O)[C@@H]5CCN(c6cc(F)c([C@H]7CCC(=O)NC7=O)c(F)c6)C5)C5(CC5)C4)cc32)NC(=O)c2cc(C)nc(c2)C1=CN. The molecule has 64 heavy (non-hydrogen) atoms. The number of nitrogens with two attached hydrogens (primary N) is 1. The number of ether oxygens (including phenoxy) is 1. The number of pyridine rings is 1. The average Bonchev–Trinajstić information content (AvgIpc) is 3.67. The summed E-state index contributed by atoms with van der Waals surface area (Å²) in [7, 11) is 1.64. The minimum atomic E-state index is -1.07. The summed E-state index contributed by atoms with van der Waals surface area (Å²) in [5.41, 5.74) is 10.6. The zero-order valence-electron chi connectivity index (χ0n) is 36.5. The third-order valence-electron chi connectivity index (χ3n) is 13.5. The number of nitrogens with one attached hydrogen (secondary N) is 2. The Kier molecular flexibility index (Phi) is 11.7. The van der Waals surface area contributed by atoms with E-state index in [-0.39, 0.29) is 47.6 Å². The van der Waals surface area contributed by atoms with Crippen molar-refractivity contribution in [3.05, 3.63) is 88.4 Å². The van der Waals surface area contributed by atoms with Gasteiger partial charge in [0.15, 0.2) is 0 Å². The van der Waals surface area contributed by atoms with Gasteiger partial charge in [0.25, 0.3) is 5.91 Å². The van der Waals surface area contributed by atoms with Crippen LogP contribution >= 0.6 is 0 Å². The van der Waals surface area contributed by atoms with Crippen LogP contribution in [0.4, 0.5) is 20.4 Å². The van der Waals surface area contributed by atoms with Crippen LogP contribution in [0.2, 0.25) is 0 Å². The van der Waals surface area contributed by atoms with Crippen molar-refractivity contribution in [3.63, 3.8) is 0 Å². The molecular formula is C47H54F2N10O5. The van der Waals surface area contributed by atoms with Gasteiger partial charge in [-0.05, 0) is 93.3 Å². The number of aliphatic imine (C=N–C) groups is 1. The van der Waals surface area contributed by atoms with E-state index in [4.69, 9.17) is 15.5 Å². The molecule has 4 N–H and O–H groups in total. The van der Waals surface area contributed by atoms with E-state index in [2.05, 4.69) is 54.0 Å². The van der Waals surface area contributed by atoms with Crippen LogP contribution in [0.1, 0.15) is 90.7 Å². The smallest absolute Gasteiger partial charge is 0.258 e. The second-order valence-corrected chi connectivity index (χ2v) is 18.1. The van der Waals surface area contributed by atoms with Gasteiger partial charge >= 0.3 is 0 Å². The molecule has 15 nitrogen and oxygen atoms in total. The Labute approximate surface area is 370 Å². The molecule has 336 valence electrons. The molecule has 0 unspecified atom stereocenters. The highest BCUT2D eigenvalue weighted by Crippen LogP contribution is 2.46. The van der Waals surface area contributed by atoms with Crippen molar-refractivity contribution in [2.45, 2.75) is 83.3 Å². The van der Waals surface area contributed by atoms with Crippen molar-refractivity contribution in [2.75, 3.05) is 56.6 Å². The van der Waals surface area contributed by atoms with Crippen molar-refractivity contribution in [2.24, 2.45) is 22.6 Å². The number of aromatic nitrogens is 3. The molecule has 17 heteroatoms. The summed E-state index contributed by atoms with van der Waals surface area (Å²) in [5.74, 6) is -3.37. The topological polar surface area (TPSA) is 180 Å². The number of carbonyl (C=O) groups excluding carboxylic acids is 4. The first kappa shape index (κ1) is 43.0. The number of piperazine rings is 1. The lowest BCUT2D eigenvalue weighted by molar-refractivity contribution is -0.141. The van der Waals surface area contributed by atoms with Crippen molar-refractivity contribution in [1.82, 2.24) is 29.7 Å². The fraction of sp³-hybridized carbons (Fsp3) is 0.468. The largest absolute Gasteiger partial charge is 0.477 e. The molecule has 5 aliphatic rings. The van der Waals surface area contributed by atoms with Gasteiger partial charge in [-0.1, -0.05) is 13.0 Å². The van der Waals surface area contributed by atoms with Crippen LogP contribution in [-0.4, -0.2) is 106 Å². The Balaban J connectivity index is 0.882. The van der Waals surface area contributed by atoms with E-state index in [9.17, 15) is 19.2 Å². The first-order valence-corrected chi connectivity index (χ1v) is 22.3. The van der Waals surface area contributed by atoms with Crippen LogP contribution in [0, 0.1) is 30.4 Å². The van der Waals surface area contributed by atoms with Crippen molar-refractivity contribution in [1.29, 1.82) is 0 Å². The number of piperidine rings is 1. The lowest BCUT2D eigenvalue weighted by Crippen LogP contribution is -2.58. The summed E-state index contributed by atoms with van der Waals surface area (Å²) in [5, 5.41) is 5.27. The Morgan fingerprint density at radius 3 is 2.53 bits per heavy atom. The van der Waals surface area contributed by atoms with Gasteiger partial charge in [0.2, 0.25) is 29.6 Å². The molecule has 1 aliphatic carbocycles. The highest BCUT2D eigenvalue weighted by molar-refractivity contribution is 6.19. The molecule has 1 saturated carbocycles. The monoisotopic (exact) mass is 876 g/mol. The first-order valence-electron chi connectivity index (χ1n) is 22.3. The third-order valence-corrected chi connectivity index (χ3v) is 13.5. The van der Waals surface area contributed by atoms with Crippen LogP contribution in [0.5, 0.6) is 0 Å². The van der Waals surface area contributed by atoms with E-state index in [1.807, 2.05) is 17.9 Å². The maximum Gasteiger partial charge on any atom is 0.258 e. The van der Waals surface area contributed by atoms with Crippen LogP contribution in [0.15, 0.2) is 53.7 Å². The predicted molar refractivity (Wildman–Crippen MR) is 237 cm³/mol. The Hall–Kier alpha value is -6.23. The molecule has 3 saturated heterocycles. The molecule has 0 radical (unpaired) electrons. The second-order valence-electron chi connectivity index (χ2n) is 18.1. The number of carbonyl (C=O) groups is 4. The lowest BCUT2D eigenvalue weighted by Gasteiger charge is -2.43. The van der Waals surface area contributed by atoms with Crippen molar-refractivity contribution < 1.29 is 32.7 Å². The average molecular weight is 877 g/mol. The highest BCUT2D eigenvalue weighted by Gasteiger charge is 2.54. The number of halogens is 2. The van der Waals surface area contributed by atoms with Gasteiger partial charge in [-0.25, -0.2) is 13.8 Å². The number of imidazole rings is 1. The standard InChI is InChI=1S/C47H54F2N10O5/c1-27-5-4-16-64-44(51-3)34(22-50)38-19-31(17-28(2)52-38)42(61)55-46-53-37-8-6-29(18-39(37)58(46)23-27)24-56-14-15-59(47(26-56)11-12-47)45(63)30-10-13-57(25-30)32-20-35(48)41(36(49)21-32)33-7-9-40(60)54-43(33)62/h6,8,17-22,27,30,33H,4-5,7,9-16,23-26,50H2,1-3H3,(H,53,55,61)(H,54,60,62)/t27-,30-,33-/m1/s1. The number of amides is 4. The van der Waals surface area contributed by atoms with Crippen LogP contribution in [-0.2, 0) is 32.2 Å². The van der Waals surface area contributed by atoms with Crippen molar-refractivity contribution >= 4 is 57.8 Å². The molecule has 6 heterocycles. The Morgan fingerprint density at radius 1 is 1.00 bits per heavy atom. The number of imide groups is 1. The molecule has 1 spiro atoms. The minimum Gasteiger partial charge on any atom is -0.477 e. The molecule has 4 amide bonds. The van der Waals surface area contributed by atoms with Gasteiger partial charge in [0.1, 0.15) is 11.6 Å². The second kappa shape index (κ2) is 17.4. The fourth-order valence-electron chi connectivity index (χ4n) is 10.0. The normalized spacial score (nSPS) is 24.3. The summed E-state index contributed by atoms with van der Waals surface area (Å²) >= 11 is 0. The van der Waals surface area contributed by atoms with E-state index in [0.29, 0.717) is 92.4 Å². The maximum atomic E-state index is 15.4. The van der Waals surface area contributed by atoms with Crippen molar-refractivity contribution in [3.8, 4) is 0 Å². The van der Waals surface area contributed by atoms with Gasteiger partial charge < -0.3 is 24.8 Å². The van der Waals surface area contributed by atoms with Gasteiger partial charge in [-0.2, -0.15) is 0 Å². The van der Waals surface area contributed by atoms with Crippen LogP contribution in [0.3, 0.4) is 0 Å². The molecule has 2 aromatic carbocycles. The summed E-state index contributed by atoms with van der Waals surface area (Å²) in [6.07, 6.45) is 5.51. The number of anilines is 2. The van der Waals surface area contributed by atoms with E-state index in [1.54, 1.807) is 19.2 Å². The number of hydrogen-bond acceptors (Lipinski definition) is 11. The van der Waals surface area contributed by atoms with Crippen LogP contribution < -0.4 is 21.3 Å². The number of aryl methyl sites for hydroxylation is 1. The molecule has 4 fully saturated rings. The molecular weight excluding hydrogens is 823 g/mol. The minimum absolute atomic E-state index is 0.0201. The van der Waals surface area contributed by atoms with Gasteiger partial charge in [-0.15, -0.1) is 0 Å². The predicted octanol–water partition coefficient (Wildman–Crippen LogP) is 5.27. The molecule has 9 rings (SSSR count). The van der Waals surface area contributed by atoms with Gasteiger partial charge in [0.05, 0.1) is 46.3 Å².